The van der Waals surface area contributed by atoms with Crippen molar-refractivity contribution in [2.24, 2.45) is 13.0 Å². The second-order valence-electron chi connectivity index (χ2n) is 10.2. The van der Waals surface area contributed by atoms with E-state index in [1.165, 1.54) is 10.2 Å². The van der Waals surface area contributed by atoms with Gasteiger partial charge in [-0.2, -0.15) is 5.10 Å². The normalized spacial score (nSPS) is 18.4. The number of carbonyl (C=O) groups is 2. The van der Waals surface area contributed by atoms with E-state index in [0.29, 0.717) is 35.8 Å². The summed E-state index contributed by atoms with van der Waals surface area (Å²) in [6.07, 6.45) is -0.277. The number of carbonyl (C=O) groups excluding carboxylic acids is 2. The molecule has 1 aliphatic rings. The fraction of sp³-hybridized carbons (Fsp3) is 0.414. The third-order valence-corrected chi connectivity index (χ3v) is 6.96. The van der Waals surface area contributed by atoms with Crippen molar-refractivity contribution in [1.29, 1.82) is 0 Å². The number of nitrogens with zero attached hydrogens (tertiary/aromatic N) is 4. The minimum absolute atomic E-state index is 0.0391. The monoisotopic (exact) mass is 519 g/mol. The largest absolute Gasteiger partial charge is 0.486 e. The minimum atomic E-state index is -0.366. The zero-order valence-electron chi connectivity index (χ0n) is 22.7. The van der Waals surface area contributed by atoms with Crippen molar-refractivity contribution in [2.45, 2.75) is 39.5 Å². The van der Waals surface area contributed by atoms with E-state index in [2.05, 4.69) is 34.4 Å². The topological polar surface area (TPSA) is 99.9 Å². The molecule has 0 saturated carbocycles. The number of fused-ring (bicyclic) bond motifs is 1. The highest BCUT2D eigenvalue weighted by Crippen LogP contribution is 2.35. The SMILES string of the molecule is Cc1cc(C(=O)Nc2cccc3c2O[C@@H](CN(C)Cc2ccccc2)[C@@H](C)CN([C@H](C)CO)C3=O)n(C)n1. The van der Waals surface area contributed by atoms with Crippen LogP contribution in [0.1, 0.15) is 46.0 Å². The summed E-state index contributed by atoms with van der Waals surface area (Å²) in [5, 5.41) is 17.1. The molecule has 3 atom stereocenters. The van der Waals surface area contributed by atoms with Crippen LogP contribution in [0.4, 0.5) is 5.69 Å². The maximum Gasteiger partial charge on any atom is 0.274 e. The van der Waals surface area contributed by atoms with Gasteiger partial charge in [-0.1, -0.05) is 43.3 Å². The van der Waals surface area contributed by atoms with Crippen molar-refractivity contribution in [1.82, 2.24) is 19.6 Å². The molecule has 1 aromatic heterocycles. The molecule has 9 heteroatoms. The van der Waals surface area contributed by atoms with E-state index in [-0.39, 0.29) is 36.5 Å². The second-order valence-corrected chi connectivity index (χ2v) is 10.2. The zero-order chi connectivity index (χ0) is 27.4. The van der Waals surface area contributed by atoms with Crippen LogP contribution in [-0.4, -0.2) is 75.4 Å². The number of rotatable bonds is 8. The molecule has 2 N–H and O–H groups in total. The first-order valence-electron chi connectivity index (χ1n) is 12.9. The smallest absolute Gasteiger partial charge is 0.274 e. The molecule has 0 bridgehead atoms. The van der Waals surface area contributed by atoms with Gasteiger partial charge in [0.25, 0.3) is 11.8 Å². The van der Waals surface area contributed by atoms with E-state index in [1.807, 2.05) is 39.1 Å². The van der Waals surface area contributed by atoms with Crippen LogP contribution in [-0.2, 0) is 13.6 Å². The Kier molecular flexibility index (Phi) is 8.48. The third kappa shape index (κ3) is 6.06. The molecule has 2 heterocycles. The predicted octanol–water partition coefficient (Wildman–Crippen LogP) is 3.33. The number of nitrogens with one attached hydrogen (secondary N) is 1. The number of aliphatic hydroxyl groups excluding tert-OH is 1. The molecule has 9 nitrogen and oxygen atoms in total. The average molecular weight is 520 g/mol. The number of benzene rings is 2. The number of hydrogen-bond donors (Lipinski definition) is 2. The summed E-state index contributed by atoms with van der Waals surface area (Å²) in [6, 6.07) is 16.7. The summed E-state index contributed by atoms with van der Waals surface area (Å²) in [6.45, 7) is 7.35. The highest BCUT2D eigenvalue weighted by atomic mass is 16.5. The van der Waals surface area contributed by atoms with E-state index in [1.54, 1.807) is 36.2 Å². The van der Waals surface area contributed by atoms with Gasteiger partial charge in [0.15, 0.2) is 5.75 Å². The molecule has 0 radical (unpaired) electrons. The number of para-hydroxylation sites is 1. The highest BCUT2D eigenvalue weighted by Gasteiger charge is 2.34. The Hall–Kier alpha value is -3.69. The van der Waals surface area contributed by atoms with E-state index in [4.69, 9.17) is 4.74 Å². The van der Waals surface area contributed by atoms with Crippen LogP contribution in [0.15, 0.2) is 54.6 Å². The third-order valence-electron chi connectivity index (χ3n) is 6.96. The number of likely N-dealkylation sites (N-methyl/N-ethyl adjacent to an activating group) is 1. The van der Waals surface area contributed by atoms with Gasteiger partial charge in [0.2, 0.25) is 0 Å². The fourth-order valence-electron chi connectivity index (χ4n) is 4.84. The first-order valence-corrected chi connectivity index (χ1v) is 12.9. The van der Waals surface area contributed by atoms with Gasteiger partial charge in [-0.3, -0.25) is 19.2 Å². The molecule has 0 fully saturated rings. The van der Waals surface area contributed by atoms with Crippen LogP contribution in [0.3, 0.4) is 0 Å². The first-order chi connectivity index (χ1) is 18.2. The number of aromatic nitrogens is 2. The van der Waals surface area contributed by atoms with E-state index >= 15 is 0 Å². The molecule has 0 saturated heterocycles. The van der Waals surface area contributed by atoms with Crippen LogP contribution >= 0.6 is 0 Å². The fourth-order valence-corrected chi connectivity index (χ4v) is 4.84. The molecule has 4 rings (SSSR count). The molecule has 202 valence electrons. The average Bonchev–Trinajstić information content (AvgIpc) is 3.24. The molecule has 0 spiro atoms. The maximum atomic E-state index is 13.7. The van der Waals surface area contributed by atoms with Crippen molar-refractivity contribution in [3.8, 4) is 5.75 Å². The highest BCUT2D eigenvalue weighted by molar-refractivity contribution is 6.06. The molecular formula is C29H37N5O4. The van der Waals surface area contributed by atoms with E-state index in [0.717, 1.165) is 12.2 Å². The summed E-state index contributed by atoms with van der Waals surface area (Å²) in [5.41, 5.74) is 3.10. The van der Waals surface area contributed by atoms with E-state index in [9.17, 15) is 14.7 Å². The Balaban J connectivity index is 1.68. The Bertz CT molecular complexity index is 1280. The number of aliphatic hydroxyl groups is 1. The molecule has 2 aromatic carbocycles. The summed E-state index contributed by atoms with van der Waals surface area (Å²) in [4.78, 5) is 30.7. The lowest BCUT2D eigenvalue weighted by Gasteiger charge is -2.38. The number of ether oxygens (including phenoxy) is 1. The van der Waals surface area contributed by atoms with Crippen molar-refractivity contribution in [3.63, 3.8) is 0 Å². The van der Waals surface area contributed by atoms with Crippen molar-refractivity contribution >= 4 is 17.5 Å². The second kappa shape index (κ2) is 11.8. The Morgan fingerprint density at radius 1 is 1.24 bits per heavy atom. The van der Waals surface area contributed by atoms with Gasteiger partial charge < -0.3 is 20.1 Å². The summed E-state index contributed by atoms with van der Waals surface area (Å²) >= 11 is 0. The number of aryl methyl sites for hydroxylation is 2. The molecular weight excluding hydrogens is 482 g/mol. The first kappa shape index (κ1) is 27.3. The number of amides is 2. The number of hydrogen-bond acceptors (Lipinski definition) is 6. The Morgan fingerprint density at radius 2 is 1.97 bits per heavy atom. The number of anilines is 1. The molecule has 0 aliphatic carbocycles. The summed E-state index contributed by atoms with van der Waals surface area (Å²) < 4.78 is 8.13. The van der Waals surface area contributed by atoms with Crippen LogP contribution in [0, 0.1) is 12.8 Å². The zero-order valence-corrected chi connectivity index (χ0v) is 22.7. The van der Waals surface area contributed by atoms with Crippen LogP contribution in [0.25, 0.3) is 0 Å². The van der Waals surface area contributed by atoms with E-state index < -0.39 is 0 Å². The van der Waals surface area contributed by atoms with Gasteiger partial charge >= 0.3 is 0 Å². The van der Waals surface area contributed by atoms with Crippen molar-refractivity contribution < 1.29 is 19.4 Å². The van der Waals surface area contributed by atoms with Gasteiger partial charge in [0.05, 0.1) is 29.6 Å². The molecule has 3 aromatic rings. The van der Waals surface area contributed by atoms with Gasteiger partial charge in [-0.25, -0.2) is 0 Å². The predicted molar refractivity (Wildman–Crippen MR) is 146 cm³/mol. The minimum Gasteiger partial charge on any atom is -0.486 e. The van der Waals surface area contributed by atoms with Gasteiger partial charge in [0, 0.05) is 32.6 Å². The lowest BCUT2D eigenvalue weighted by atomic mass is 9.98. The molecule has 0 unspecified atom stereocenters. The van der Waals surface area contributed by atoms with Gasteiger partial charge in [-0.15, -0.1) is 0 Å². The lowest BCUT2D eigenvalue weighted by molar-refractivity contribution is 0.0343. The standard InChI is InChI=1S/C29H37N5O4/c1-19-15-34(21(3)18-35)29(37)23-12-9-13-24(30-28(36)25-14-20(2)31-33(25)5)27(23)38-26(19)17-32(4)16-22-10-7-6-8-11-22/h6-14,19,21,26,35H,15-18H2,1-5H3,(H,30,36)/t19-,21+,26-/m0/s1. The van der Waals surface area contributed by atoms with Crippen molar-refractivity contribution in [3.05, 3.63) is 77.1 Å². The van der Waals surface area contributed by atoms with Gasteiger partial charge in [0.1, 0.15) is 11.8 Å². The van der Waals surface area contributed by atoms with Gasteiger partial charge in [-0.05, 0) is 44.7 Å². The summed E-state index contributed by atoms with van der Waals surface area (Å²) in [7, 11) is 3.76. The quantitative estimate of drug-likeness (QED) is 0.474. The molecule has 38 heavy (non-hydrogen) atoms. The Morgan fingerprint density at radius 3 is 2.63 bits per heavy atom. The van der Waals surface area contributed by atoms with Crippen LogP contribution in [0.5, 0.6) is 5.75 Å². The molecule has 1 aliphatic heterocycles. The van der Waals surface area contributed by atoms with Crippen molar-refractivity contribution in [2.75, 3.05) is 32.1 Å². The molecule has 2 amide bonds. The lowest BCUT2D eigenvalue weighted by Crippen LogP contribution is -2.49. The maximum absolute atomic E-state index is 13.7. The Labute approximate surface area is 224 Å². The summed E-state index contributed by atoms with van der Waals surface area (Å²) in [5.74, 6) is -0.282. The van der Waals surface area contributed by atoms with Crippen LogP contribution < -0.4 is 10.1 Å². The van der Waals surface area contributed by atoms with Crippen LogP contribution in [0.2, 0.25) is 0 Å².